The molecule has 1 aromatic carbocycles. The summed E-state index contributed by atoms with van der Waals surface area (Å²) in [7, 11) is 0. The molecule has 1 aromatic heterocycles. The summed E-state index contributed by atoms with van der Waals surface area (Å²) < 4.78 is 37.2. The van der Waals surface area contributed by atoms with Crippen molar-refractivity contribution in [1.29, 1.82) is 0 Å². The Morgan fingerprint density at radius 3 is 2.48 bits per heavy atom. The maximum absolute atomic E-state index is 12.4. The summed E-state index contributed by atoms with van der Waals surface area (Å²) in [6.07, 6.45) is -3.52. The fraction of sp³-hybridized carbons (Fsp3) is 0.0769. The van der Waals surface area contributed by atoms with E-state index < -0.39 is 17.8 Å². The first kappa shape index (κ1) is 14.6. The molecule has 0 bridgehead atoms. The van der Waals surface area contributed by atoms with E-state index in [2.05, 4.69) is 10.3 Å². The number of aromatic carboxylic acids is 1. The third-order valence-corrected chi connectivity index (χ3v) is 2.63. The number of aromatic nitrogens is 1. The van der Waals surface area contributed by atoms with Gasteiger partial charge in [-0.15, -0.1) is 0 Å². The number of nitrogens with two attached hydrogens (primary N) is 1. The third kappa shape index (κ3) is 3.41. The Morgan fingerprint density at radius 2 is 1.95 bits per heavy atom. The van der Waals surface area contributed by atoms with Crippen LogP contribution in [0.15, 0.2) is 36.5 Å². The van der Waals surface area contributed by atoms with Gasteiger partial charge in [0, 0.05) is 0 Å². The topological polar surface area (TPSA) is 88.2 Å². The van der Waals surface area contributed by atoms with Crippen molar-refractivity contribution >= 4 is 23.0 Å². The van der Waals surface area contributed by atoms with Crippen LogP contribution >= 0.6 is 0 Å². The van der Waals surface area contributed by atoms with Gasteiger partial charge in [-0.1, -0.05) is 0 Å². The molecule has 4 N–H and O–H groups in total. The summed E-state index contributed by atoms with van der Waals surface area (Å²) in [5, 5.41) is 11.6. The van der Waals surface area contributed by atoms with Crippen molar-refractivity contribution in [2.24, 2.45) is 0 Å². The molecule has 2 rings (SSSR count). The van der Waals surface area contributed by atoms with E-state index in [4.69, 9.17) is 10.8 Å². The number of anilines is 3. The first-order valence-corrected chi connectivity index (χ1v) is 5.70. The number of carbonyl (C=O) groups is 1. The number of halogens is 3. The van der Waals surface area contributed by atoms with Crippen molar-refractivity contribution < 1.29 is 23.1 Å². The van der Waals surface area contributed by atoms with Crippen LogP contribution in [-0.2, 0) is 6.18 Å². The van der Waals surface area contributed by atoms with Gasteiger partial charge in [0.05, 0.1) is 28.8 Å². The van der Waals surface area contributed by atoms with Gasteiger partial charge in [0.1, 0.15) is 5.69 Å². The zero-order valence-electron chi connectivity index (χ0n) is 10.5. The van der Waals surface area contributed by atoms with Gasteiger partial charge in [0.25, 0.3) is 0 Å². The molecule has 0 fully saturated rings. The van der Waals surface area contributed by atoms with Gasteiger partial charge in [0.2, 0.25) is 0 Å². The average Bonchev–Trinajstić information content (AvgIpc) is 2.40. The number of nitrogen functional groups attached to an aromatic ring is 1. The normalized spacial score (nSPS) is 11.2. The number of carboxylic acid groups (broad SMARTS) is 1. The molecular weight excluding hydrogens is 287 g/mol. The van der Waals surface area contributed by atoms with Crippen molar-refractivity contribution in [2.75, 3.05) is 11.1 Å². The quantitative estimate of drug-likeness (QED) is 0.757. The third-order valence-electron chi connectivity index (χ3n) is 2.63. The van der Waals surface area contributed by atoms with Crippen LogP contribution in [0.4, 0.5) is 30.2 Å². The van der Waals surface area contributed by atoms with Crippen LogP contribution in [-0.4, -0.2) is 16.1 Å². The second kappa shape index (κ2) is 5.31. The van der Waals surface area contributed by atoms with E-state index in [0.29, 0.717) is 0 Å². The Labute approximate surface area is 117 Å². The minimum atomic E-state index is -4.51. The summed E-state index contributed by atoms with van der Waals surface area (Å²) in [5.41, 5.74) is 5.47. The second-order valence-corrected chi connectivity index (χ2v) is 4.16. The molecule has 0 aliphatic rings. The van der Waals surface area contributed by atoms with Crippen LogP contribution in [0.1, 0.15) is 16.1 Å². The molecule has 2 aromatic rings. The Kier molecular flexibility index (Phi) is 3.70. The lowest BCUT2D eigenvalue weighted by Crippen LogP contribution is -2.08. The van der Waals surface area contributed by atoms with Crippen molar-refractivity contribution in [3.8, 4) is 0 Å². The van der Waals surface area contributed by atoms with Crippen LogP contribution in [0.5, 0.6) is 0 Å². The lowest BCUT2D eigenvalue weighted by molar-refractivity contribution is -0.141. The molecule has 0 atom stereocenters. The van der Waals surface area contributed by atoms with E-state index in [1.165, 1.54) is 24.3 Å². The Morgan fingerprint density at radius 1 is 1.24 bits per heavy atom. The molecule has 0 amide bonds. The van der Waals surface area contributed by atoms with E-state index in [1.807, 2.05) is 0 Å². The molecule has 0 saturated carbocycles. The minimum absolute atomic E-state index is 0.00608. The molecule has 0 aliphatic carbocycles. The molecule has 110 valence electrons. The van der Waals surface area contributed by atoms with Gasteiger partial charge in [-0.05, 0) is 30.3 Å². The predicted molar refractivity (Wildman–Crippen MR) is 70.3 cm³/mol. The molecule has 0 saturated heterocycles. The van der Waals surface area contributed by atoms with Gasteiger partial charge in [0.15, 0.2) is 0 Å². The van der Waals surface area contributed by atoms with Crippen LogP contribution in [0.25, 0.3) is 0 Å². The van der Waals surface area contributed by atoms with Crippen LogP contribution in [0.2, 0.25) is 0 Å². The maximum Gasteiger partial charge on any atom is 0.433 e. The summed E-state index contributed by atoms with van der Waals surface area (Å²) >= 11 is 0. The summed E-state index contributed by atoms with van der Waals surface area (Å²) in [5.74, 6) is -1.14. The minimum Gasteiger partial charge on any atom is -0.478 e. The highest BCUT2D eigenvalue weighted by Gasteiger charge is 2.32. The molecule has 0 unspecified atom stereocenters. The largest absolute Gasteiger partial charge is 0.478 e. The zero-order chi connectivity index (χ0) is 15.6. The lowest BCUT2D eigenvalue weighted by atomic mass is 10.1. The number of pyridine rings is 1. The summed E-state index contributed by atoms with van der Waals surface area (Å²) in [6.45, 7) is 0. The fourth-order valence-corrected chi connectivity index (χ4v) is 1.59. The highest BCUT2D eigenvalue weighted by Crippen LogP contribution is 2.29. The molecular formula is C13H10F3N3O2. The van der Waals surface area contributed by atoms with Crippen molar-refractivity contribution in [1.82, 2.24) is 4.98 Å². The second-order valence-electron chi connectivity index (χ2n) is 4.16. The summed E-state index contributed by atoms with van der Waals surface area (Å²) in [6, 6.07) is 6.01. The molecule has 0 radical (unpaired) electrons. The maximum atomic E-state index is 12.4. The van der Waals surface area contributed by atoms with Gasteiger partial charge < -0.3 is 16.2 Å². The number of hydrogen-bond acceptors (Lipinski definition) is 4. The Bertz CT molecular complexity index is 669. The fourth-order valence-electron chi connectivity index (χ4n) is 1.59. The van der Waals surface area contributed by atoms with E-state index >= 15 is 0 Å². The van der Waals surface area contributed by atoms with E-state index in [0.717, 1.165) is 12.3 Å². The van der Waals surface area contributed by atoms with E-state index in [-0.39, 0.29) is 22.6 Å². The number of alkyl halides is 3. The standard InChI is InChI=1S/C13H10F3N3O2/c14-13(15,16)11-4-2-8(6-18-11)19-10-5-7(12(20)21)1-3-9(10)17/h1-6,19H,17H2,(H,20,21). The molecule has 5 nitrogen and oxygen atoms in total. The number of nitrogens with zero attached hydrogens (tertiary/aromatic N) is 1. The smallest absolute Gasteiger partial charge is 0.433 e. The molecule has 0 aliphatic heterocycles. The van der Waals surface area contributed by atoms with Gasteiger partial charge in [-0.25, -0.2) is 9.78 Å². The SMILES string of the molecule is Nc1ccc(C(=O)O)cc1Nc1ccc(C(F)(F)F)nc1. The zero-order valence-corrected chi connectivity index (χ0v) is 10.5. The number of rotatable bonds is 3. The lowest BCUT2D eigenvalue weighted by Gasteiger charge is -2.11. The predicted octanol–water partition coefficient (Wildman–Crippen LogP) is 3.12. The first-order chi connectivity index (χ1) is 9.77. The highest BCUT2D eigenvalue weighted by molar-refractivity contribution is 5.91. The van der Waals surface area contributed by atoms with Crippen molar-refractivity contribution in [2.45, 2.75) is 6.18 Å². The highest BCUT2D eigenvalue weighted by atomic mass is 19.4. The molecule has 1 heterocycles. The van der Waals surface area contributed by atoms with Crippen LogP contribution < -0.4 is 11.1 Å². The van der Waals surface area contributed by atoms with E-state index in [1.54, 1.807) is 0 Å². The summed E-state index contributed by atoms with van der Waals surface area (Å²) in [4.78, 5) is 14.2. The Balaban J connectivity index is 2.26. The van der Waals surface area contributed by atoms with Gasteiger partial charge in [-0.2, -0.15) is 13.2 Å². The molecule has 0 spiro atoms. The first-order valence-electron chi connectivity index (χ1n) is 5.70. The van der Waals surface area contributed by atoms with Crippen molar-refractivity contribution in [3.63, 3.8) is 0 Å². The molecule has 8 heteroatoms. The number of nitrogens with one attached hydrogen (secondary N) is 1. The van der Waals surface area contributed by atoms with Crippen LogP contribution in [0, 0.1) is 0 Å². The van der Waals surface area contributed by atoms with Crippen LogP contribution in [0.3, 0.4) is 0 Å². The van der Waals surface area contributed by atoms with E-state index in [9.17, 15) is 18.0 Å². The Hall–Kier alpha value is -2.77. The van der Waals surface area contributed by atoms with Crippen molar-refractivity contribution in [3.05, 3.63) is 47.8 Å². The monoisotopic (exact) mass is 297 g/mol. The number of benzene rings is 1. The number of carboxylic acids is 1. The average molecular weight is 297 g/mol. The van der Waals surface area contributed by atoms with Gasteiger partial charge >= 0.3 is 12.1 Å². The number of hydrogen-bond donors (Lipinski definition) is 3. The molecule has 21 heavy (non-hydrogen) atoms. The van der Waals surface area contributed by atoms with Gasteiger partial charge in [-0.3, -0.25) is 0 Å².